The van der Waals surface area contributed by atoms with E-state index >= 15 is 0 Å². The minimum Gasteiger partial charge on any atom is -0.369 e. The number of aliphatic imine (C=N–C) groups is 1. The lowest BCUT2D eigenvalue weighted by atomic mass is 9.83. The van der Waals surface area contributed by atoms with E-state index in [1.54, 1.807) is 4.90 Å². The molecule has 3 aromatic rings. The molecule has 3 N–H and O–H groups in total. The summed E-state index contributed by atoms with van der Waals surface area (Å²) in [6.45, 7) is 2.20. The Morgan fingerprint density at radius 1 is 1.00 bits per heavy atom. The Morgan fingerprint density at radius 2 is 1.61 bits per heavy atom. The van der Waals surface area contributed by atoms with Crippen LogP contribution in [0.5, 0.6) is 0 Å². The molecule has 4 rings (SSSR count). The lowest BCUT2D eigenvalue weighted by Crippen LogP contribution is -2.43. The Labute approximate surface area is 182 Å². The first-order valence-electron chi connectivity index (χ1n) is 10.1. The molecule has 0 radical (unpaired) electrons. The standard InChI is InChI=1S/C26H24N4O/c1-2-20(17-27)21-11-9-10-19(16-21)18-30-24(31)26(29-25(30)28,22-12-5-3-6-13-22)23-14-7-4-8-15-23/h2-17,27H,18H2,1H3,(H2,28,29)/b20-2+,27-17?. The molecule has 0 bridgehead atoms. The first kappa shape index (κ1) is 20.3. The number of nitrogens with one attached hydrogen (secondary N) is 1. The monoisotopic (exact) mass is 408 g/mol. The van der Waals surface area contributed by atoms with Crippen LogP contribution in [0.1, 0.15) is 29.2 Å². The minimum atomic E-state index is -1.20. The van der Waals surface area contributed by atoms with Gasteiger partial charge in [-0.3, -0.25) is 9.69 Å². The summed E-state index contributed by atoms with van der Waals surface area (Å²) in [6, 6.07) is 26.9. The molecular formula is C26H24N4O. The molecule has 1 heterocycles. The molecule has 0 aliphatic carbocycles. The van der Waals surface area contributed by atoms with Gasteiger partial charge in [-0.1, -0.05) is 84.9 Å². The van der Waals surface area contributed by atoms with Crippen LogP contribution in [-0.4, -0.2) is 23.0 Å². The number of carbonyl (C=O) groups excluding carboxylic acids is 1. The van der Waals surface area contributed by atoms with E-state index in [1.165, 1.54) is 6.21 Å². The fourth-order valence-electron chi connectivity index (χ4n) is 4.00. The Balaban J connectivity index is 1.75. The molecule has 1 aliphatic heterocycles. The third kappa shape index (κ3) is 3.55. The average molecular weight is 409 g/mol. The van der Waals surface area contributed by atoms with Crippen LogP contribution >= 0.6 is 0 Å². The molecule has 1 amide bonds. The summed E-state index contributed by atoms with van der Waals surface area (Å²) >= 11 is 0. The Kier molecular flexibility index (Phi) is 5.50. The van der Waals surface area contributed by atoms with Gasteiger partial charge in [0.1, 0.15) is 0 Å². The van der Waals surface area contributed by atoms with Gasteiger partial charge in [-0.2, -0.15) is 0 Å². The van der Waals surface area contributed by atoms with Crippen molar-refractivity contribution in [3.63, 3.8) is 0 Å². The SMILES string of the molecule is C/C=C(\C=N)c1cccc(CN2C(=O)C(c3ccccc3)(c3ccccc3)N=C2N)c1. The average Bonchev–Trinajstić information content (AvgIpc) is 3.07. The van der Waals surface area contributed by atoms with Gasteiger partial charge < -0.3 is 11.1 Å². The molecule has 0 saturated heterocycles. The van der Waals surface area contributed by atoms with E-state index in [0.717, 1.165) is 27.8 Å². The predicted octanol–water partition coefficient (Wildman–Crippen LogP) is 4.34. The van der Waals surface area contributed by atoms with Gasteiger partial charge in [-0.05, 0) is 40.8 Å². The third-order valence-corrected chi connectivity index (χ3v) is 5.56. The van der Waals surface area contributed by atoms with Gasteiger partial charge >= 0.3 is 0 Å². The summed E-state index contributed by atoms with van der Waals surface area (Å²) in [6.07, 6.45) is 3.21. The van der Waals surface area contributed by atoms with Crippen molar-refractivity contribution in [2.24, 2.45) is 10.7 Å². The molecule has 0 aromatic heterocycles. The van der Waals surface area contributed by atoms with Crippen molar-refractivity contribution in [2.45, 2.75) is 19.0 Å². The highest BCUT2D eigenvalue weighted by atomic mass is 16.2. The smallest absolute Gasteiger partial charge is 0.266 e. The zero-order valence-electron chi connectivity index (χ0n) is 17.3. The van der Waals surface area contributed by atoms with Crippen molar-refractivity contribution in [2.75, 3.05) is 0 Å². The highest BCUT2D eigenvalue weighted by Crippen LogP contribution is 2.40. The van der Waals surface area contributed by atoms with Crippen molar-refractivity contribution in [3.8, 4) is 0 Å². The number of nitrogens with two attached hydrogens (primary N) is 1. The molecule has 3 aromatic carbocycles. The second-order valence-electron chi connectivity index (χ2n) is 7.39. The Morgan fingerprint density at radius 3 is 2.16 bits per heavy atom. The van der Waals surface area contributed by atoms with E-state index in [9.17, 15) is 4.79 Å². The minimum absolute atomic E-state index is 0.175. The van der Waals surface area contributed by atoms with Crippen LogP contribution in [0.3, 0.4) is 0 Å². The molecule has 1 aliphatic rings. The molecule has 5 heteroatoms. The van der Waals surface area contributed by atoms with Crippen LogP contribution in [0.25, 0.3) is 5.57 Å². The van der Waals surface area contributed by atoms with Crippen LogP contribution in [0.15, 0.2) is 96.0 Å². The van der Waals surface area contributed by atoms with Crippen LogP contribution in [-0.2, 0) is 16.9 Å². The van der Waals surface area contributed by atoms with Gasteiger partial charge in [0.05, 0.1) is 6.54 Å². The van der Waals surface area contributed by atoms with Crippen molar-refractivity contribution in [1.29, 1.82) is 5.41 Å². The van der Waals surface area contributed by atoms with Crippen molar-refractivity contribution in [3.05, 3.63) is 113 Å². The molecule has 0 unspecified atom stereocenters. The van der Waals surface area contributed by atoms with E-state index < -0.39 is 5.54 Å². The van der Waals surface area contributed by atoms with Gasteiger partial charge in [0, 0.05) is 6.21 Å². The molecule has 0 fully saturated rings. The van der Waals surface area contributed by atoms with E-state index in [1.807, 2.05) is 97.9 Å². The molecule has 0 saturated carbocycles. The number of carbonyl (C=O) groups is 1. The zero-order chi connectivity index (χ0) is 21.8. The predicted molar refractivity (Wildman–Crippen MR) is 125 cm³/mol. The second kappa shape index (κ2) is 8.40. The highest BCUT2D eigenvalue weighted by molar-refractivity contribution is 6.09. The maximum Gasteiger partial charge on any atom is 0.266 e. The molecule has 31 heavy (non-hydrogen) atoms. The molecular weight excluding hydrogens is 384 g/mol. The summed E-state index contributed by atoms with van der Waals surface area (Å²) < 4.78 is 0. The number of rotatable bonds is 6. The maximum atomic E-state index is 13.9. The number of amides is 1. The van der Waals surface area contributed by atoms with Crippen molar-refractivity contribution >= 4 is 23.7 Å². The van der Waals surface area contributed by atoms with E-state index in [-0.39, 0.29) is 11.9 Å². The number of hydrogen-bond donors (Lipinski definition) is 2. The molecule has 5 nitrogen and oxygen atoms in total. The highest BCUT2D eigenvalue weighted by Gasteiger charge is 2.50. The van der Waals surface area contributed by atoms with Gasteiger partial charge in [0.2, 0.25) is 0 Å². The molecule has 0 spiro atoms. The van der Waals surface area contributed by atoms with Crippen LogP contribution in [0, 0.1) is 5.41 Å². The maximum absolute atomic E-state index is 13.9. The summed E-state index contributed by atoms with van der Waals surface area (Å²) in [5, 5.41) is 7.60. The van der Waals surface area contributed by atoms with Crippen LogP contribution in [0.2, 0.25) is 0 Å². The lowest BCUT2D eigenvalue weighted by Gasteiger charge is -2.27. The number of guanidine groups is 1. The van der Waals surface area contributed by atoms with Gasteiger partial charge in [-0.25, -0.2) is 4.99 Å². The topological polar surface area (TPSA) is 82.5 Å². The summed E-state index contributed by atoms with van der Waals surface area (Å²) in [7, 11) is 0. The largest absolute Gasteiger partial charge is 0.369 e. The number of benzene rings is 3. The first-order chi connectivity index (χ1) is 15.1. The normalized spacial score (nSPS) is 15.6. The Hall–Kier alpha value is -3.99. The van der Waals surface area contributed by atoms with E-state index in [0.29, 0.717) is 6.54 Å². The summed E-state index contributed by atoms with van der Waals surface area (Å²) in [5.74, 6) is 0.0209. The van der Waals surface area contributed by atoms with Crippen LogP contribution < -0.4 is 5.73 Å². The van der Waals surface area contributed by atoms with Crippen molar-refractivity contribution in [1.82, 2.24) is 4.90 Å². The molecule has 154 valence electrons. The van der Waals surface area contributed by atoms with Gasteiger partial charge in [0.25, 0.3) is 5.91 Å². The zero-order valence-corrected chi connectivity index (χ0v) is 17.3. The first-order valence-corrected chi connectivity index (χ1v) is 10.1. The van der Waals surface area contributed by atoms with Crippen LogP contribution in [0.4, 0.5) is 0 Å². The van der Waals surface area contributed by atoms with Crippen molar-refractivity contribution < 1.29 is 4.79 Å². The quantitative estimate of drug-likeness (QED) is 0.595. The third-order valence-electron chi connectivity index (χ3n) is 5.56. The number of allylic oxidation sites excluding steroid dienone is 2. The lowest BCUT2D eigenvalue weighted by molar-refractivity contribution is -0.130. The fraction of sp³-hybridized carbons (Fsp3) is 0.115. The Bertz CT molecular complexity index is 1130. The van der Waals surface area contributed by atoms with E-state index in [2.05, 4.69) is 0 Å². The van der Waals surface area contributed by atoms with E-state index in [4.69, 9.17) is 16.1 Å². The number of hydrogen-bond acceptors (Lipinski definition) is 4. The second-order valence-corrected chi connectivity index (χ2v) is 7.39. The van der Waals surface area contributed by atoms with Gasteiger partial charge in [0.15, 0.2) is 11.5 Å². The number of nitrogens with zero attached hydrogens (tertiary/aromatic N) is 2. The fourth-order valence-corrected chi connectivity index (χ4v) is 4.00. The molecule has 0 atom stereocenters. The summed E-state index contributed by atoms with van der Waals surface area (Å²) in [5.41, 5.74) is 9.35. The van der Waals surface area contributed by atoms with Gasteiger partial charge in [-0.15, -0.1) is 0 Å². The summed E-state index contributed by atoms with van der Waals surface area (Å²) in [4.78, 5) is 20.1.